The maximum absolute atomic E-state index is 5.13. The maximum Gasteiger partial charge on any atom is 0.0467 e. The Balaban J connectivity index is 5.14. The molecule has 1 unspecified atom stereocenters. The molecule has 0 aliphatic rings. The summed E-state index contributed by atoms with van der Waals surface area (Å²) in [6, 6.07) is 0. The van der Waals surface area contributed by atoms with Crippen LogP contribution in [0.2, 0.25) is 0 Å². The van der Waals surface area contributed by atoms with Crippen LogP contribution in [-0.2, 0) is 4.74 Å². The second-order valence-electron chi connectivity index (χ2n) is 5.07. The molecule has 2 nitrogen and oxygen atoms in total. The van der Waals surface area contributed by atoms with Gasteiger partial charge in [0.25, 0.3) is 0 Å². The molecule has 19 heavy (non-hydrogen) atoms. The Labute approximate surface area is 118 Å². The first-order valence-corrected chi connectivity index (χ1v) is 6.84. The highest BCUT2D eigenvalue weighted by Gasteiger charge is 2.13. The summed E-state index contributed by atoms with van der Waals surface area (Å²) in [4.78, 5) is 0. The lowest BCUT2D eigenvalue weighted by molar-refractivity contribution is 0.185. The molecule has 0 amide bonds. The molecule has 0 aromatic carbocycles. The van der Waals surface area contributed by atoms with Crippen LogP contribution < -0.4 is 5.32 Å². The Bertz CT molecular complexity index is 377. The average molecular weight is 263 g/mol. The number of methoxy groups -OCH3 is 1. The van der Waals surface area contributed by atoms with E-state index in [2.05, 4.69) is 45.8 Å². The Kier molecular flexibility index (Phi) is 8.17. The molecule has 0 heterocycles. The number of rotatable bonds is 9. The number of hydrogen-bond donors (Lipinski definition) is 1. The molecule has 0 aromatic heterocycles. The fraction of sp³-hybridized carbons (Fsp3) is 0.529. The van der Waals surface area contributed by atoms with Crippen molar-refractivity contribution in [3.8, 4) is 0 Å². The highest BCUT2D eigenvalue weighted by molar-refractivity contribution is 5.42. The van der Waals surface area contributed by atoms with Crippen LogP contribution in [0.3, 0.4) is 0 Å². The van der Waals surface area contributed by atoms with Gasteiger partial charge in [0.1, 0.15) is 0 Å². The number of ether oxygens (including phenoxy) is 1. The predicted octanol–water partition coefficient (Wildman–Crippen LogP) is 4.58. The topological polar surface area (TPSA) is 21.3 Å². The smallest absolute Gasteiger partial charge is 0.0467 e. The monoisotopic (exact) mass is 263 g/mol. The quantitative estimate of drug-likeness (QED) is 0.615. The lowest BCUT2D eigenvalue weighted by Gasteiger charge is -2.21. The van der Waals surface area contributed by atoms with Gasteiger partial charge in [-0.05, 0) is 49.3 Å². The largest absolute Gasteiger partial charge is 0.385 e. The van der Waals surface area contributed by atoms with E-state index in [1.165, 1.54) is 5.57 Å². The lowest BCUT2D eigenvalue weighted by Crippen LogP contribution is -2.16. The Morgan fingerprint density at radius 2 is 1.79 bits per heavy atom. The van der Waals surface area contributed by atoms with Crippen molar-refractivity contribution in [2.45, 2.75) is 40.5 Å². The number of allylic oxidation sites excluding steroid dienone is 4. The van der Waals surface area contributed by atoms with Gasteiger partial charge in [0, 0.05) is 25.1 Å². The third kappa shape index (κ3) is 5.93. The van der Waals surface area contributed by atoms with Crippen molar-refractivity contribution in [2.75, 3.05) is 13.7 Å². The van der Waals surface area contributed by atoms with Crippen LogP contribution in [0.4, 0.5) is 0 Å². The second kappa shape index (κ2) is 8.76. The third-order valence-corrected chi connectivity index (χ3v) is 3.33. The summed E-state index contributed by atoms with van der Waals surface area (Å²) in [5, 5.41) is 3.32. The first-order chi connectivity index (χ1) is 8.84. The highest BCUT2D eigenvalue weighted by Crippen LogP contribution is 2.26. The molecule has 0 aromatic rings. The fourth-order valence-electron chi connectivity index (χ4n) is 1.84. The Hall–Kier alpha value is -1.28. The normalized spacial score (nSPS) is 13.5. The first-order valence-electron chi connectivity index (χ1n) is 6.84. The van der Waals surface area contributed by atoms with Crippen molar-refractivity contribution >= 4 is 0 Å². The molecule has 2 heteroatoms. The van der Waals surface area contributed by atoms with E-state index in [-0.39, 0.29) is 0 Å². The van der Waals surface area contributed by atoms with Gasteiger partial charge in [-0.2, -0.15) is 0 Å². The van der Waals surface area contributed by atoms with E-state index in [0.717, 1.165) is 42.0 Å². The van der Waals surface area contributed by atoms with Crippen LogP contribution in [0, 0.1) is 5.92 Å². The van der Waals surface area contributed by atoms with E-state index in [1.54, 1.807) is 7.11 Å². The van der Waals surface area contributed by atoms with Crippen LogP contribution in [-0.4, -0.2) is 13.7 Å². The molecule has 0 aliphatic heterocycles. The Morgan fingerprint density at radius 3 is 2.21 bits per heavy atom. The summed E-state index contributed by atoms with van der Waals surface area (Å²) in [6.07, 6.45) is 1.89. The van der Waals surface area contributed by atoms with Gasteiger partial charge >= 0.3 is 0 Å². The zero-order valence-electron chi connectivity index (χ0n) is 13.2. The molecule has 0 aliphatic carbocycles. The zero-order valence-corrected chi connectivity index (χ0v) is 13.2. The molecule has 0 saturated carbocycles. The summed E-state index contributed by atoms with van der Waals surface area (Å²) >= 11 is 0. The predicted molar refractivity (Wildman–Crippen MR) is 84.9 cm³/mol. The minimum absolute atomic E-state index is 0.395. The lowest BCUT2D eigenvalue weighted by atomic mass is 9.90. The maximum atomic E-state index is 5.13. The molecule has 1 atom stereocenters. The average Bonchev–Trinajstić information content (AvgIpc) is 2.39. The number of hydrogen-bond acceptors (Lipinski definition) is 2. The van der Waals surface area contributed by atoms with Crippen molar-refractivity contribution in [1.82, 2.24) is 5.32 Å². The molecular weight excluding hydrogens is 234 g/mol. The molecule has 1 N–H and O–H groups in total. The zero-order chi connectivity index (χ0) is 15.0. The van der Waals surface area contributed by atoms with Crippen molar-refractivity contribution < 1.29 is 4.74 Å². The van der Waals surface area contributed by atoms with Crippen LogP contribution in [0.1, 0.15) is 40.5 Å². The van der Waals surface area contributed by atoms with E-state index in [1.807, 2.05) is 6.92 Å². The summed E-state index contributed by atoms with van der Waals surface area (Å²) in [6.45, 7) is 21.3. The van der Waals surface area contributed by atoms with Gasteiger partial charge < -0.3 is 10.1 Å². The van der Waals surface area contributed by atoms with E-state index < -0.39 is 0 Å². The summed E-state index contributed by atoms with van der Waals surface area (Å²) in [5.74, 6) is 0.395. The third-order valence-electron chi connectivity index (χ3n) is 3.33. The van der Waals surface area contributed by atoms with Gasteiger partial charge in [-0.1, -0.05) is 33.6 Å². The van der Waals surface area contributed by atoms with E-state index in [9.17, 15) is 0 Å². The van der Waals surface area contributed by atoms with Gasteiger partial charge in [0.2, 0.25) is 0 Å². The molecule has 0 fully saturated rings. The van der Waals surface area contributed by atoms with Gasteiger partial charge in [-0.15, -0.1) is 0 Å². The fourth-order valence-corrected chi connectivity index (χ4v) is 1.84. The van der Waals surface area contributed by atoms with Crippen molar-refractivity contribution in [1.29, 1.82) is 0 Å². The standard InChI is InChI=1S/C17H29NO/c1-9-13(4)17(18-12(2)3)16(7)15(6)14(5)10-11-19-8/h14,18H,2,4,6,9-11H2,1,3,5,7-8H3/b17-16+. The van der Waals surface area contributed by atoms with Crippen molar-refractivity contribution in [3.63, 3.8) is 0 Å². The van der Waals surface area contributed by atoms with Gasteiger partial charge in [0.15, 0.2) is 0 Å². The van der Waals surface area contributed by atoms with Gasteiger partial charge in [-0.3, -0.25) is 0 Å². The van der Waals surface area contributed by atoms with Gasteiger partial charge in [0.05, 0.1) is 0 Å². The van der Waals surface area contributed by atoms with Crippen LogP contribution in [0.5, 0.6) is 0 Å². The molecule has 0 saturated heterocycles. The summed E-state index contributed by atoms with van der Waals surface area (Å²) in [5.41, 5.74) is 5.36. The highest BCUT2D eigenvalue weighted by atomic mass is 16.5. The molecule has 0 rings (SSSR count). The molecule has 0 bridgehead atoms. The summed E-state index contributed by atoms with van der Waals surface area (Å²) in [7, 11) is 1.73. The van der Waals surface area contributed by atoms with E-state index in [0.29, 0.717) is 5.92 Å². The molecule has 0 radical (unpaired) electrons. The molecule has 108 valence electrons. The molecule has 0 spiro atoms. The molecular formula is C17H29NO. The van der Waals surface area contributed by atoms with Crippen LogP contribution in [0.15, 0.2) is 47.9 Å². The van der Waals surface area contributed by atoms with Crippen LogP contribution in [0.25, 0.3) is 0 Å². The van der Waals surface area contributed by atoms with Gasteiger partial charge in [-0.25, -0.2) is 0 Å². The summed E-state index contributed by atoms with van der Waals surface area (Å²) < 4.78 is 5.13. The minimum atomic E-state index is 0.395. The van der Waals surface area contributed by atoms with Crippen LogP contribution >= 0.6 is 0 Å². The van der Waals surface area contributed by atoms with E-state index in [4.69, 9.17) is 4.74 Å². The van der Waals surface area contributed by atoms with Crippen molar-refractivity contribution in [2.24, 2.45) is 5.92 Å². The number of nitrogens with one attached hydrogen (secondary N) is 1. The second-order valence-corrected chi connectivity index (χ2v) is 5.07. The minimum Gasteiger partial charge on any atom is -0.385 e. The Morgan fingerprint density at radius 1 is 1.21 bits per heavy atom. The van der Waals surface area contributed by atoms with Crippen molar-refractivity contribution in [3.05, 3.63) is 47.9 Å². The van der Waals surface area contributed by atoms with E-state index >= 15 is 0 Å². The first kappa shape index (κ1) is 17.7. The SMILES string of the molecule is C=C(C)N/C(C(=C)CC)=C(\C)C(=C)C(C)CCOC.